The van der Waals surface area contributed by atoms with Crippen LogP contribution in [0.15, 0.2) is 59.6 Å². The van der Waals surface area contributed by atoms with Crippen molar-refractivity contribution in [3.63, 3.8) is 0 Å². The number of carbonyl (C=O) groups is 2. The maximum Gasteiger partial charge on any atom is 0.335 e. The molecule has 0 spiro atoms. The number of amides is 1. The molecule has 0 aromatic heterocycles. The molecule has 226 valence electrons. The van der Waals surface area contributed by atoms with Gasteiger partial charge in [0.2, 0.25) is 5.91 Å². The Morgan fingerprint density at radius 2 is 1.88 bits per heavy atom. The van der Waals surface area contributed by atoms with Gasteiger partial charge in [-0.3, -0.25) is 19.6 Å². The summed E-state index contributed by atoms with van der Waals surface area (Å²) in [4.78, 5) is 33.7. The molecule has 2 heterocycles. The molecule has 3 aromatic rings. The zero-order chi connectivity index (χ0) is 31.4. The minimum absolute atomic E-state index is 0.00265. The molecule has 2 fully saturated rings. The highest BCUT2D eigenvalue weighted by molar-refractivity contribution is 6.30. The fourth-order valence-corrected chi connectivity index (χ4v) is 7.07. The monoisotopic (exact) mass is 609 g/mol. The molecule has 2 aliphatic heterocycles. The van der Waals surface area contributed by atoms with Crippen LogP contribution in [-0.4, -0.2) is 59.0 Å². The Balaban J connectivity index is 1.80. The minimum Gasteiger partial charge on any atom is -0.506 e. The number of hydrogen-bond acceptors (Lipinski definition) is 5. The number of carboxylic acid groups (broad SMARTS) is 1. The van der Waals surface area contributed by atoms with Crippen molar-refractivity contribution in [1.82, 2.24) is 4.90 Å². The highest BCUT2D eigenvalue weighted by Gasteiger charge is 2.66. The van der Waals surface area contributed by atoms with Crippen LogP contribution in [0, 0.1) is 24.0 Å². The molecule has 10 heteroatoms. The van der Waals surface area contributed by atoms with Crippen LogP contribution in [0.4, 0.5) is 14.5 Å². The average Bonchev–Trinajstić information content (AvgIpc) is 3.37. The van der Waals surface area contributed by atoms with Crippen LogP contribution in [0.2, 0.25) is 5.02 Å². The number of phenolic OH excluding ortho intramolecular Hbond substituents is 1. The number of carboxylic acids is 1. The lowest BCUT2D eigenvalue weighted by Crippen LogP contribution is -2.50. The van der Waals surface area contributed by atoms with Crippen molar-refractivity contribution >= 4 is 35.4 Å². The molecule has 2 aliphatic rings. The summed E-state index contributed by atoms with van der Waals surface area (Å²) in [6.45, 7) is 7.77. The first kappa shape index (κ1) is 30.6. The number of benzene rings is 3. The fourth-order valence-electron chi connectivity index (χ4n) is 6.91. The van der Waals surface area contributed by atoms with Crippen molar-refractivity contribution in [3.8, 4) is 5.75 Å². The molecule has 0 radical (unpaired) electrons. The van der Waals surface area contributed by atoms with Gasteiger partial charge in [-0.1, -0.05) is 56.6 Å². The molecular formula is C33H34ClF2N3O4. The molecule has 4 atom stereocenters. The summed E-state index contributed by atoms with van der Waals surface area (Å²) >= 11 is 6.17. The molecule has 43 heavy (non-hydrogen) atoms. The van der Waals surface area contributed by atoms with E-state index in [4.69, 9.17) is 11.6 Å². The van der Waals surface area contributed by atoms with Gasteiger partial charge in [0.25, 0.3) is 0 Å². The van der Waals surface area contributed by atoms with Crippen molar-refractivity contribution in [3.05, 3.63) is 93.5 Å². The smallest absolute Gasteiger partial charge is 0.335 e. The van der Waals surface area contributed by atoms with E-state index in [1.54, 1.807) is 50.5 Å². The summed E-state index contributed by atoms with van der Waals surface area (Å²) in [5.41, 5.74) is -0.706. The third-order valence-corrected chi connectivity index (χ3v) is 8.81. The van der Waals surface area contributed by atoms with E-state index in [0.29, 0.717) is 12.0 Å². The van der Waals surface area contributed by atoms with Gasteiger partial charge < -0.3 is 10.2 Å². The van der Waals surface area contributed by atoms with E-state index in [2.05, 4.69) is 4.99 Å². The number of hydrogen-bond donors (Lipinski definition) is 2. The molecule has 2 saturated heterocycles. The fraction of sp³-hybridized carbons (Fsp3) is 0.364. The summed E-state index contributed by atoms with van der Waals surface area (Å²) in [5, 5.41) is 20.4. The molecule has 0 saturated carbocycles. The molecule has 0 aliphatic carbocycles. The number of halogens is 3. The number of aromatic hydroxyl groups is 1. The second-order valence-corrected chi connectivity index (χ2v) is 13.0. The van der Waals surface area contributed by atoms with E-state index < -0.39 is 46.9 Å². The van der Waals surface area contributed by atoms with E-state index in [-0.39, 0.29) is 45.2 Å². The predicted octanol–water partition coefficient (Wildman–Crippen LogP) is 6.55. The number of aromatic carboxylic acids is 1. The number of carbonyl (C=O) groups excluding carboxylic acids is 1. The Hall–Kier alpha value is -3.82. The molecule has 5 rings (SSSR count). The quantitative estimate of drug-likeness (QED) is 0.309. The summed E-state index contributed by atoms with van der Waals surface area (Å²) < 4.78 is 32.3. The Kier molecular flexibility index (Phi) is 7.86. The summed E-state index contributed by atoms with van der Waals surface area (Å²) in [6, 6.07) is 11.7. The Labute approximate surface area is 254 Å². The van der Waals surface area contributed by atoms with Gasteiger partial charge in [0.1, 0.15) is 17.4 Å². The zero-order valence-electron chi connectivity index (χ0n) is 24.6. The van der Waals surface area contributed by atoms with Gasteiger partial charge in [-0.2, -0.15) is 0 Å². The normalized spacial score (nSPS) is 24.2. The van der Waals surface area contributed by atoms with Crippen molar-refractivity contribution in [2.45, 2.75) is 57.5 Å². The third kappa shape index (κ3) is 5.08. The second-order valence-electron chi connectivity index (χ2n) is 12.6. The first-order chi connectivity index (χ1) is 20.2. The maximum absolute atomic E-state index is 16.2. The van der Waals surface area contributed by atoms with E-state index in [9.17, 15) is 19.8 Å². The molecule has 1 amide bonds. The summed E-state index contributed by atoms with van der Waals surface area (Å²) in [7, 11) is 1.58. The molecule has 2 N–H and O–H groups in total. The predicted molar refractivity (Wildman–Crippen MR) is 162 cm³/mol. The third-order valence-electron chi connectivity index (χ3n) is 8.58. The number of anilines is 1. The van der Waals surface area contributed by atoms with E-state index in [1.165, 1.54) is 23.1 Å². The highest BCUT2D eigenvalue weighted by atomic mass is 35.5. The molecule has 4 unspecified atom stereocenters. The lowest BCUT2D eigenvalue weighted by molar-refractivity contribution is -0.119. The van der Waals surface area contributed by atoms with Gasteiger partial charge >= 0.3 is 5.97 Å². The SMILES string of the molecule is CN=CC1(c2ccc(Cl)cc2F)C(c2cccc(C)c2F)C2C(=O)N(c3ccc(C(=O)O)cc3O)CN2C1CC(C)(C)C. The van der Waals surface area contributed by atoms with Crippen LogP contribution in [0.1, 0.15) is 60.2 Å². The summed E-state index contributed by atoms with van der Waals surface area (Å²) in [5.74, 6) is -4.01. The molecule has 7 nitrogen and oxygen atoms in total. The largest absolute Gasteiger partial charge is 0.506 e. The second kappa shape index (κ2) is 11.0. The van der Waals surface area contributed by atoms with Gasteiger partial charge in [-0.05, 0) is 60.2 Å². The van der Waals surface area contributed by atoms with Crippen LogP contribution < -0.4 is 4.90 Å². The zero-order valence-corrected chi connectivity index (χ0v) is 25.4. The van der Waals surface area contributed by atoms with Gasteiger partial charge in [0.05, 0.1) is 29.4 Å². The van der Waals surface area contributed by atoms with Crippen LogP contribution in [0.3, 0.4) is 0 Å². The molecule has 0 bridgehead atoms. The van der Waals surface area contributed by atoms with Gasteiger partial charge in [-0.25, -0.2) is 13.6 Å². The lowest BCUT2D eigenvalue weighted by atomic mass is 9.62. The van der Waals surface area contributed by atoms with Gasteiger partial charge in [0.15, 0.2) is 0 Å². The lowest BCUT2D eigenvalue weighted by Gasteiger charge is -2.42. The van der Waals surface area contributed by atoms with Crippen LogP contribution in [-0.2, 0) is 10.2 Å². The summed E-state index contributed by atoms with van der Waals surface area (Å²) in [6.07, 6.45) is 2.13. The van der Waals surface area contributed by atoms with Crippen molar-refractivity contribution in [1.29, 1.82) is 0 Å². The number of aryl methyl sites for hydroxylation is 1. The number of aliphatic imine (C=N–C) groups is 1. The number of rotatable bonds is 6. The van der Waals surface area contributed by atoms with Crippen molar-refractivity contribution in [2.75, 3.05) is 18.6 Å². The van der Waals surface area contributed by atoms with Crippen molar-refractivity contribution < 1.29 is 28.6 Å². The first-order valence-corrected chi connectivity index (χ1v) is 14.4. The maximum atomic E-state index is 16.2. The van der Waals surface area contributed by atoms with E-state index in [0.717, 1.165) is 6.07 Å². The molecule has 3 aromatic carbocycles. The van der Waals surface area contributed by atoms with Gasteiger partial charge in [0, 0.05) is 35.8 Å². The molecular weight excluding hydrogens is 576 g/mol. The van der Waals surface area contributed by atoms with Crippen LogP contribution >= 0.6 is 11.6 Å². The van der Waals surface area contributed by atoms with E-state index >= 15 is 8.78 Å². The Morgan fingerprint density at radius 1 is 1.16 bits per heavy atom. The number of phenols is 1. The van der Waals surface area contributed by atoms with Crippen LogP contribution in [0.5, 0.6) is 5.75 Å². The number of nitrogens with zero attached hydrogens (tertiary/aromatic N) is 3. The van der Waals surface area contributed by atoms with Crippen molar-refractivity contribution in [2.24, 2.45) is 10.4 Å². The Morgan fingerprint density at radius 3 is 2.49 bits per heavy atom. The number of fused-ring (bicyclic) bond motifs is 1. The van der Waals surface area contributed by atoms with E-state index in [1.807, 2.05) is 25.7 Å². The van der Waals surface area contributed by atoms with Gasteiger partial charge in [-0.15, -0.1) is 0 Å². The average molecular weight is 610 g/mol. The first-order valence-electron chi connectivity index (χ1n) is 14.0. The van der Waals surface area contributed by atoms with Crippen LogP contribution in [0.25, 0.3) is 0 Å². The standard InChI is InChI=1S/C33H34ClF2N3O4/c1-18-7-6-8-21(28(18)36)27-29-30(41)38(24-12-9-19(31(42)43)13-25(24)40)17-39(29)26(15-32(2,3)4)33(27,16-37-5)22-11-10-20(34)14-23(22)35/h6-14,16,26-27,29,40H,15,17H2,1-5H3,(H,42,43). The minimum atomic E-state index is -1.28. The topological polar surface area (TPSA) is 93.4 Å². The highest BCUT2D eigenvalue weighted by Crippen LogP contribution is 2.58. The Bertz CT molecular complexity index is 1640.